The van der Waals surface area contributed by atoms with Crippen LogP contribution in [0.1, 0.15) is 11.5 Å². The summed E-state index contributed by atoms with van der Waals surface area (Å²) in [5.74, 6) is 1.63. The highest BCUT2D eigenvalue weighted by molar-refractivity contribution is 5.57. The van der Waals surface area contributed by atoms with Gasteiger partial charge in [0.25, 0.3) is 0 Å². The minimum Gasteiger partial charge on any atom is -0.495 e. The number of aryl methyl sites for hydroxylation is 2. The number of nitrogen functional groups attached to an aromatic ring is 1. The summed E-state index contributed by atoms with van der Waals surface area (Å²) in [6.45, 7) is 3.94. The lowest BCUT2D eigenvalue weighted by molar-refractivity contribution is 0.417. The van der Waals surface area contributed by atoms with Gasteiger partial charge >= 0.3 is 0 Å². The van der Waals surface area contributed by atoms with Gasteiger partial charge in [0.05, 0.1) is 24.2 Å². The number of nitrogens with two attached hydrogens (primary N) is 1. The monoisotopic (exact) mass is 217 g/mol. The van der Waals surface area contributed by atoms with Crippen molar-refractivity contribution < 1.29 is 4.74 Å². The number of anilines is 1. The van der Waals surface area contributed by atoms with Gasteiger partial charge in [-0.1, -0.05) is 0 Å². The lowest BCUT2D eigenvalue weighted by atomic mass is 10.2. The average Bonchev–Trinajstić information content (AvgIpc) is 2.59. The zero-order chi connectivity index (χ0) is 11.7. The molecular formula is C12H15N3O. The van der Waals surface area contributed by atoms with Crippen molar-refractivity contribution >= 4 is 5.69 Å². The Kier molecular flexibility index (Phi) is 2.56. The topological polar surface area (TPSA) is 53.1 Å². The fourth-order valence-electron chi connectivity index (χ4n) is 1.73. The van der Waals surface area contributed by atoms with E-state index in [1.807, 2.05) is 42.8 Å². The number of aromatic nitrogens is 2. The number of ether oxygens (including phenoxy) is 1. The first-order valence-corrected chi connectivity index (χ1v) is 5.08. The molecule has 0 spiro atoms. The van der Waals surface area contributed by atoms with E-state index < -0.39 is 0 Å². The van der Waals surface area contributed by atoms with Gasteiger partial charge in [0.2, 0.25) is 0 Å². The second-order valence-electron chi connectivity index (χ2n) is 3.73. The molecule has 4 nitrogen and oxygen atoms in total. The average molecular weight is 217 g/mol. The van der Waals surface area contributed by atoms with E-state index in [2.05, 4.69) is 4.98 Å². The third-order valence-electron chi connectivity index (χ3n) is 2.50. The zero-order valence-corrected chi connectivity index (χ0v) is 9.69. The Morgan fingerprint density at radius 2 is 2.06 bits per heavy atom. The smallest absolute Gasteiger partial charge is 0.143 e. The first kappa shape index (κ1) is 10.5. The summed E-state index contributed by atoms with van der Waals surface area (Å²) in [6.07, 6.45) is 1.99. The molecule has 2 N–H and O–H groups in total. The minimum atomic E-state index is 0.640. The Morgan fingerprint density at radius 3 is 2.62 bits per heavy atom. The Labute approximate surface area is 94.7 Å². The van der Waals surface area contributed by atoms with Crippen molar-refractivity contribution in [1.82, 2.24) is 9.55 Å². The number of hydrogen-bond acceptors (Lipinski definition) is 3. The molecule has 0 unspecified atom stereocenters. The number of nitrogens with zero attached hydrogens (tertiary/aromatic N) is 2. The number of imidazole rings is 1. The molecule has 16 heavy (non-hydrogen) atoms. The van der Waals surface area contributed by atoms with Crippen molar-refractivity contribution in [2.24, 2.45) is 0 Å². The van der Waals surface area contributed by atoms with Crippen molar-refractivity contribution in [3.05, 3.63) is 35.9 Å². The molecule has 4 heteroatoms. The van der Waals surface area contributed by atoms with Gasteiger partial charge in [0, 0.05) is 12.3 Å². The van der Waals surface area contributed by atoms with Gasteiger partial charge in [-0.2, -0.15) is 0 Å². The standard InChI is InChI=1S/C12H15N3O/c1-8-7-15(9(2)14-8)10-4-5-11(13)12(6-10)16-3/h4-7H,13H2,1-3H3. The quantitative estimate of drug-likeness (QED) is 0.783. The van der Waals surface area contributed by atoms with Crippen LogP contribution in [-0.4, -0.2) is 16.7 Å². The molecule has 0 saturated heterocycles. The van der Waals surface area contributed by atoms with E-state index in [9.17, 15) is 0 Å². The van der Waals surface area contributed by atoms with E-state index in [0.717, 1.165) is 17.2 Å². The first-order chi connectivity index (χ1) is 7.61. The van der Waals surface area contributed by atoms with Gasteiger partial charge in [0.1, 0.15) is 11.6 Å². The second-order valence-corrected chi connectivity index (χ2v) is 3.73. The summed E-state index contributed by atoms with van der Waals surface area (Å²) in [6, 6.07) is 5.69. The Hall–Kier alpha value is -1.97. The minimum absolute atomic E-state index is 0.640. The molecule has 0 aliphatic rings. The molecule has 0 atom stereocenters. The molecule has 0 aliphatic heterocycles. The molecule has 0 amide bonds. The zero-order valence-electron chi connectivity index (χ0n) is 9.69. The lowest BCUT2D eigenvalue weighted by Gasteiger charge is -2.09. The van der Waals surface area contributed by atoms with Crippen LogP contribution in [-0.2, 0) is 0 Å². The fraction of sp³-hybridized carbons (Fsp3) is 0.250. The van der Waals surface area contributed by atoms with Crippen molar-refractivity contribution in [2.45, 2.75) is 13.8 Å². The second kappa shape index (κ2) is 3.89. The van der Waals surface area contributed by atoms with Gasteiger partial charge in [-0.15, -0.1) is 0 Å². The maximum Gasteiger partial charge on any atom is 0.143 e. The summed E-state index contributed by atoms with van der Waals surface area (Å²) < 4.78 is 7.21. The predicted octanol–water partition coefficient (Wildman–Crippen LogP) is 2.08. The number of rotatable bonds is 2. The number of hydrogen-bond donors (Lipinski definition) is 1. The molecule has 1 heterocycles. The van der Waals surface area contributed by atoms with Crippen LogP contribution in [0.5, 0.6) is 5.75 Å². The van der Waals surface area contributed by atoms with Crippen molar-refractivity contribution in [3.8, 4) is 11.4 Å². The Balaban J connectivity index is 2.52. The molecule has 1 aromatic heterocycles. The summed E-state index contributed by atoms with van der Waals surface area (Å²) in [5, 5.41) is 0. The van der Waals surface area contributed by atoms with E-state index in [-0.39, 0.29) is 0 Å². The first-order valence-electron chi connectivity index (χ1n) is 5.08. The fourth-order valence-corrected chi connectivity index (χ4v) is 1.73. The van der Waals surface area contributed by atoms with Crippen LogP contribution >= 0.6 is 0 Å². The van der Waals surface area contributed by atoms with Crippen LogP contribution in [0, 0.1) is 13.8 Å². The Morgan fingerprint density at radius 1 is 1.31 bits per heavy atom. The van der Waals surface area contributed by atoms with E-state index in [1.54, 1.807) is 7.11 Å². The normalized spacial score (nSPS) is 10.4. The van der Waals surface area contributed by atoms with E-state index in [1.165, 1.54) is 0 Å². The number of methoxy groups -OCH3 is 1. The van der Waals surface area contributed by atoms with Gasteiger partial charge < -0.3 is 15.0 Å². The molecule has 2 aromatic rings. The summed E-state index contributed by atoms with van der Waals surface area (Å²) in [7, 11) is 1.61. The third kappa shape index (κ3) is 1.74. The van der Waals surface area contributed by atoms with Gasteiger partial charge in [-0.3, -0.25) is 0 Å². The van der Waals surface area contributed by atoms with Gasteiger partial charge in [0.15, 0.2) is 0 Å². The maximum atomic E-state index is 5.77. The SMILES string of the molecule is COc1cc(-n2cc(C)nc2C)ccc1N. The predicted molar refractivity (Wildman–Crippen MR) is 64.0 cm³/mol. The molecular weight excluding hydrogens is 202 g/mol. The highest BCUT2D eigenvalue weighted by atomic mass is 16.5. The molecule has 0 aliphatic carbocycles. The van der Waals surface area contributed by atoms with E-state index in [0.29, 0.717) is 11.4 Å². The highest BCUT2D eigenvalue weighted by Crippen LogP contribution is 2.25. The highest BCUT2D eigenvalue weighted by Gasteiger charge is 2.06. The van der Waals surface area contributed by atoms with Crippen LogP contribution in [0.2, 0.25) is 0 Å². The Bertz CT molecular complexity index is 517. The van der Waals surface area contributed by atoms with Crippen molar-refractivity contribution in [3.63, 3.8) is 0 Å². The van der Waals surface area contributed by atoms with Crippen molar-refractivity contribution in [2.75, 3.05) is 12.8 Å². The van der Waals surface area contributed by atoms with Crippen LogP contribution in [0.4, 0.5) is 5.69 Å². The van der Waals surface area contributed by atoms with Crippen LogP contribution in [0.15, 0.2) is 24.4 Å². The molecule has 0 fully saturated rings. The summed E-state index contributed by atoms with van der Waals surface area (Å²) in [4.78, 5) is 4.36. The third-order valence-corrected chi connectivity index (χ3v) is 2.50. The maximum absolute atomic E-state index is 5.77. The van der Waals surface area contributed by atoms with Crippen LogP contribution < -0.4 is 10.5 Å². The van der Waals surface area contributed by atoms with Gasteiger partial charge in [-0.25, -0.2) is 4.98 Å². The molecule has 1 aromatic carbocycles. The van der Waals surface area contributed by atoms with Crippen LogP contribution in [0.3, 0.4) is 0 Å². The number of benzene rings is 1. The van der Waals surface area contributed by atoms with E-state index in [4.69, 9.17) is 10.5 Å². The molecule has 2 rings (SSSR count). The molecule has 84 valence electrons. The molecule has 0 saturated carbocycles. The summed E-state index contributed by atoms with van der Waals surface area (Å²) in [5.41, 5.74) is 8.41. The molecule has 0 radical (unpaired) electrons. The molecule has 0 bridgehead atoms. The van der Waals surface area contributed by atoms with E-state index >= 15 is 0 Å². The summed E-state index contributed by atoms with van der Waals surface area (Å²) >= 11 is 0. The largest absolute Gasteiger partial charge is 0.495 e. The van der Waals surface area contributed by atoms with Gasteiger partial charge in [-0.05, 0) is 26.0 Å². The van der Waals surface area contributed by atoms with Crippen molar-refractivity contribution in [1.29, 1.82) is 0 Å². The lowest BCUT2D eigenvalue weighted by Crippen LogP contribution is -1.98. The van der Waals surface area contributed by atoms with Crippen LogP contribution in [0.25, 0.3) is 5.69 Å².